The zero-order valence-corrected chi connectivity index (χ0v) is 19.1. The van der Waals surface area contributed by atoms with E-state index < -0.39 is 23.4 Å². The maximum Gasteiger partial charge on any atom is 0.378 e. The summed E-state index contributed by atoms with van der Waals surface area (Å²) >= 11 is 0. The van der Waals surface area contributed by atoms with E-state index in [1.807, 2.05) is 13.8 Å². The number of aromatic amines is 1. The number of aryl methyl sites for hydroxylation is 1. The molecule has 174 valence electrons. The molecule has 10 heteroatoms. The van der Waals surface area contributed by atoms with Gasteiger partial charge in [-0.15, -0.1) is 0 Å². The molecule has 2 amide bonds. The summed E-state index contributed by atoms with van der Waals surface area (Å²) in [7, 11) is 0. The first kappa shape index (κ1) is 22.6. The monoisotopic (exact) mass is 453 g/mol. The number of carbonyl (C=O) groups excluding carboxylic acids is 2. The predicted octanol–water partition coefficient (Wildman–Crippen LogP) is 1.01. The van der Waals surface area contributed by atoms with Gasteiger partial charge >= 0.3 is 17.1 Å². The number of fused-ring (bicyclic) bond motifs is 1. The van der Waals surface area contributed by atoms with Crippen LogP contribution in [0.1, 0.15) is 61.1 Å². The summed E-state index contributed by atoms with van der Waals surface area (Å²) in [4.78, 5) is 40.2. The number of aromatic nitrogens is 3. The van der Waals surface area contributed by atoms with Gasteiger partial charge in [0.25, 0.3) is 5.91 Å². The molecule has 1 aliphatic carbocycles. The van der Waals surface area contributed by atoms with E-state index in [0.29, 0.717) is 36.4 Å². The average molecular weight is 454 g/mol. The van der Waals surface area contributed by atoms with Crippen LogP contribution in [0, 0.1) is 24.2 Å². The van der Waals surface area contributed by atoms with Gasteiger partial charge in [0.05, 0.1) is 23.9 Å². The SMILES string of the molecule is Cc1[nH]n2c(=O)c(C(=O)NC3CC3)c(O)[n+](CC(C)C)c2c1/C=C/C(=O)N1CCC[C@@H]1C#N. The number of H-pyrrole nitrogens is 1. The Balaban J connectivity index is 1.82. The van der Waals surface area contributed by atoms with E-state index >= 15 is 0 Å². The minimum absolute atomic E-state index is 0.0354. The van der Waals surface area contributed by atoms with Crippen LogP contribution in [0.4, 0.5) is 0 Å². The number of nitrogens with one attached hydrogen (secondary N) is 2. The third-order valence-corrected chi connectivity index (χ3v) is 6.05. The van der Waals surface area contributed by atoms with Gasteiger partial charge in [0.2, 0.25) is 11.5 Å². The summed E-state index contributed by atoms with van der Waals surface area (Å²) in [5.74, 6) is -1.16. The van der Waals surface area contributed by atoms with Gasteiger partial charge in [-0.1, -0.05) is 18.4 Å². The van der Waals surface area contributed by atoms with Gasteiger partial charge in [-0.2, -0.15) is 9.83 Å². The van der Waals surface area contributed by atoms with Crippen LogP contribution in [0.5, 0.6) is 5.88 Å². The Labute approximate surface area is 191 Å². The van der Waals surface area contributed by atoms with Crippen LogP contribution < -0.4 is 15.4 Å². The van der Waals surface area contributed by atoms with Gasteiger partial charge in [0.15, 0.2) is 0 Å². The van der Waals surface area contributed by atoms with E-state index in [9.17, 15) is 24.8 Å². The van der Waals surface area contributed by atoms with Gasteiger partial charge in [-0.05, 0) is 44.6 Å². The van der Waals surface area contributed by atoms with Crippen molar-refractivity contribution in [2.24, 2.45) is 5.92 Å². The highest BCUT2D eigenvalue weighted by atomic mass is 16.3. The minimum Gasteiger partial charge on any atom is -0.477 e. The molecule has 1 aliphatic heterocycles. The number of hydrogen-bond donors (Lipinski definition) is 3. The molecule has 33 heavy (non-hydrogen) atoms. The molecule has 1 atom stereocenters. The highest BCUT2D eigenvalue weighted by molar-refractivity contribution is 5.96. The molecule has 0 aromatic carbocycles. The number of hydrogen-bond acceptors (Lipinski definition) is 5. The molecule has 0 spiro atoms. The summed E-state index contributed by atoms with van der Waals surface area (Å²) < 4.78 is 2.78. The van der Waals surface area contributed by atoms with E-state index in [0.717, 1.165) is 19.3 Å². The first-order chi connectivity index (χ1) is 15.7. The first-order valence-corrected chi connectivity index (χ1v) is 11.3. The average Bonchev–Trinajstić information content (AvgIpc) is 3.32. The van der Waals surface area contributed by atoms with Crippen molar-refractivity contribution in [3.05, 3.63) is 33.3 Å². The Morgan fingerprint density at radius 2 is 2.09 bits per heavy atom. The zero-order valence-electron chi connectivity index (χ0n) is 19.1. The van der Waals surface area contributed by atoms with Gasteiger partial charge in [-0.3, -0.25) is 9.59 Å². The highest BCUT2D eigenvalue weighted by Gasteiger charge is 2.35. The largest absolute Gasteiger partial charge is 0.477 e. The Hall–Kier alpha value is -3.61. The fourth-order valence-corrected chi connectivity index (χ4v) is 4.26. The molecule has 2 aliphatic rings. The summed E-state index contributed by atoms with van der Waals surface area (Å²) in [6.07, 6.45) is 6.14. The van der Waals surface area contributed by atoms with E-state index in [-0.39, 0.29) is 23.4 Å². The fraction of sp³-hybridized carbons (Fsp3) is 0.522. The van der Waals surface area contributed by atoms with Crippen molar-refractivity contribution in [3.8, 4) is 11.9 Å². The molecule has 10 nitrogen and oxygen atoms in total. The molecule has 0 unspecified atom stereocenters. The quantitative estimate of drug-likeness (QED) is 0.443. The van der Waals surface area contributed by atoms with Gasteiger partial charge in [-0.25, -0.2) is 9.89 Å². The molecule has 3 heterocycles. The lowest BCUT2D eigenvalue weighted by Gasteiger charge is -2.16. The van der Waals surface area contributed by atoms with Crippen LogP contribution in [0.3, 0.4) is 0 Å². The lowest BCUT2D eigenvalue weighted by molar-refractivity contribution is -0.686. The van der Waals surface area contributed by atoms with Crippen LogP contribution in [-0.2, 0) is 11.3 Å². The van der Waals surface area contributed by atoms with Crippen LogP contribution in [0.15, 0.2) is 10.9 Å². The third-order valence-electron chi connectivity index (χ3n) is 6.05. The number of amides is 2. The lowest BCUT2D eigenvalue weighted by Crippen LogP contribution is -2.46. The maximum atomic E-state index is 13.2. The first-order valence-electron chi connectivity index (χ1n) is 11.3. The topological polar surface area (TPSA) is 135 Å². The molecule has 4 rings (SSSR count). The van der Waals surface area contributed by atoms with E-state index in [1.54, 1.807) is 13.0 Å². The fourth-order valence-electron chi connectivity index (χ4n) is 4.26. The standard InChI is InChI=1S/C23H28N6O4/c1-13(2)12-28-21-17(8-9-18(30)27-10-4-5-16(27)11-24)14(3)26-29(21)23(33)19(22(28)32)20(31)25-15-6-7-15/h8-9,13,15-16H,4-7,10,12H2,1-3H3,(H2,25,31,32,33)/p+1/b9-8+/t16-/m1/s1. The maximum absolute atomic E-state index is 13.2. The molecule has 2 aromatic rings. The summed E-state index contributed by atoms with van der Waals surface area (Å²) in [6, 6.07) is 1.76. The molecule has 1 saturated heterocycles. The predicted molar refractivity (Wildman–Crippen MR) is 119 cm³/mol. The lowest BCUT2D eigenvalue weighted by atomic mass is 10.1. The number of carbonyl (C=O) groups is 2. The molecular formula is C23H29N6O4+. The van der Waals surface area contributed by atoms with Crippen LogP contribution in [0.25, 0.3) is 11.7 Å². The minimum atomic E-state index is -0.654. The van der Waals surface area contributed by atoms with Crippen LogP contribution >= 0.6 is 0 Å². The Morgan fingerprint density at radius 3 is 2.73 bits per heavy atom. The third kappa shape index (κ3) is 4.23. The number of aromatic hydroxyl groups is 1. The van der Waals surface area contributed by atoms with Gasteiger partial charge in [0, 0.05) is 18.7 Å². The summed E-state index contributed by atoms with van der Waals surface area (Å²) in [5, 5.41) is 26.0. The van der Waals surface area contributed by atoms with Crippen molar-refractivity contribution in [1.82, 2.24) is 19.8 Å². The number of nitrogens with zero attached hydrogens (tertiary/aromatic N) is 4. The van der Waals surface area contributed by atoms with Crippen molar-refractivity contribution >= 4 is 23.5 Å². The van der Waals surface area contributed by atoms with Crippen molar-refractivity contribution in [3.63, 3.8) is 0 Å². The van der Waals surface area contributed by atoms with Crippen molar-refractivity contribution < 1.29 is 19.3 Å². The molecular weight excluding hydrogens is 424 g/mol. The second-order valence-electron chi connectivity index (χ2n) is 9.22. The van der Waals surface area contributed by atoms with Gasteiger partial charge < -0.3 is 15.3 Å². The summed E-state index contributed by atoms with van der Waals surface area (Å²) in [5.41, 5.74) is 0.568. The van der Waals surface area contributed by atoms with E-state index in [1.165, 1.54) is 20.1 Å². The molecule has 2 aromatic heterocycles. The molecule has 0 bridgehead atoms. The number of rotatable bonds is 6. The second kappa shape index (κ2) is 8.73. The molecule has 2 fully saturated rings. The molecule has 3 N–H and O–H groups in total. The highest BCUT2D eigenvalue weighted by Crippen LogP contribution is 2.22. The van der Waals surface area contributed by atoms with Gasteiger partial charge in [0.1, 0.15) is 6.04 Å². The van der Waals surface area contributed by atoms with E-state index in [4.69, 9.17) is 0 Å². The Bertz CT molecular complexity index is 1240. The summed E-state index contributed by atoms with van der Waals surface area (Å²) in [6.45, 7) is 6.57. The second-order valence-corrected chi connectivity index (χ2v) is 9.22. The molecule has 1 saturated carbocycles. The van der Waals surface area contributed by atoms with Crippen molar-refractivity contribution in [2.45, 2.75) is 65.1 Å². The number of nitriles is 1. The molecule has 0 radical (unpaired) electrons. The van der Waals surface area contributed by atoms with Crippen molar-refractivity contribution in [2.75, 3.05) is 6.54 Å². The Morgan fingerprint density at radius 1 is 1.36 bits per heavy atom. The van der Waals surface area contributed by atoms with Crippen LogP contribution in [-0.4, -0.2) is 50.1 Å². The number of likely N-dealkylation sites (tertiary alicyclic amines) is 1. The normalized spacial score (nSPS) is 18.4. The van der Waals surface area contributed by atoms with E-state index in [2.05, 4.69) is 16.5 Å². The van der Waals surface area contributed by atoms with Crippen molar-refractivity contribution in [1.29, 1.82) is 5.26 Å². The zero-order chi connectivity index (χ0) is 23.9. The Kier molecular flexibility index (Phi) is 5.97. The van der Waals surface area contributed by atoms with Crippen LogP contribution in [0.2, 0.25) is 0 Å². The smallest absolute Gasteiger partial charge is 0.378 e.